The Labute approximate surface area is 164 Å². The molecule has 0 bridgehead atoms. The maximum absolute atomic E-state index is 6.31. The molecule has 1 unspecified atom stereocenters. The third-order valence-corrected chi connectivity index (χ3v) is 7.05. The molecule has 22 N–H and O–H groups in total. The number of rotatable bonds is 2. The maximum Gasteiger partial charge on any atom is 0.135 e. The zero-order valence-electron chi connectivity index (χ0n) is 15.2. The van der Waals surface area contributed by atoms with E-state index in [1.165, 1.54) is 6.07 Å². The van der Waals surface area contributed by atoms with E-state index in [0.717, 1.165) is 5.30 Å². The lowest BCUT2D eigenvalue weighted by atomic mass is 9.64. The van der Waals surface area contributed by atoms with E-state index in [0.29, 0.717) is 27.9 Å². The van der Waals surface area contributed by atoms with Crippen molar-refractivity contribution in [1.29, 1.82) is 0 Å². The van der Waals surface area contributed by atoms with Crippen LogP contribution in [-0.2, 0) is 11.3 Å². The molecule has 0 heterocycles. The summed E-state index contributed by atoms with van der Waals surface area (Å²) in [5.41, 5.74) is 62.2. The van der Waals surface area contributed by atoms with Crippen molar-refractivity contribution in [2.45, 2.75) is 22.7 Å². The van der Waals surface area contributed by atoms with E-state index in [-0.39, 0.29) is 14.1 Å². The predicted octanol–water partition coefficient (Wildman–Crippen LogP) is -4.56. The van der Waals surface area contributed by atoms with E-state index in [2.05, 4.69) is 0 Å². The summed E-state index contributed by atoms with van der Waals surface area (Å²) < 4.78 is 0. The van der Waals surface area contributed by atoms with Crippen LogP contribution in [0.1, 0.15) is 11.1 Å². The number of hydrogen-bond acceptors (Lipinski definition) is 11. The molecule has 1 aliphatic rings. The van der Waals surface area contributed by atoms with Crippen molar-refractivity contribution in [3.63, 3.8) is 0 Å². The summed E-state index contributed by atoms with van der Waals surface area (Å²) in [4.78, 5) is 0. The Morgan fingerprint density at radius 3 is 1.50 bits per heavy atom. The fraction of sp³-hybridized carbons (Fsp3) is 0.250. The molecule has 0 fully saturated rings. The predicted molar refractivity (Wildman–Crippen MR) is 116 cm³/mol. The van der Waals surface area contributed by atoms with Crippen LogP contribution in [0.25, 0.3) is 0 Å². The van der Waals surface area contributed by atoms with Gasteiger partial charge in [-0.2, -0.15) is 0 Å². The molecule has 28 heavy (non-hydrogen) atoms. The highest BCUT2D eigenvalue weighted by atomic mass is 31.1. The Morgan fingerprint density at radius 2 is 1.04 bits per heavy atom. The highest BCUT2D eigenvalue weighted by Gasteiger charge is 2.66. The van der Waals surface area contributed by atoms with E-state index in [9.17, 15) is 0 Å². The van der Waals surface area contributed by atoms with E-state index >= 15 is 0 Å². The van der Waals surface area contributed by atoms with Gasteiger partial charge in [0.2, 0.25) is 0 Å². The van der Waals surface area contributed by atoms with Crippen LogP contribution < -0.4 is 73.7 Å². The van der Waals surface area contributed by atoms with Crippen LogP contribution in [0.2, 0.25) is 0 Å². The Kier molecular flexibility index (Phi) is 4.41. The van der Waals surface area contributed by atoms with Crippen LogP contribution in [0.4, 0.5) is 17.1 Å². The lowest BCUT2D eigenvalue weighted by Crippen LogP contribution is -2.97. The third-order valence-electron chi connectivity index (χ3n) is 5.52. The van der Waals surface area contributed by atoms with Crippen LogP contribution in [0.3, 0.4) is 0 Å². The van der Waals surface area contributed by atoms with Gasteiger partial charge in [-0.05, 0) is 35.4 Å². The molecule has 0 saturated heterocycles. The van der Waals surface area contributed by atoms with Gasteiger partial charge in [0.05, 0.1) is 0 Å². The molecular formula is C16H28N11P. The van der Waals surface area contributed by atoms with Gasteiger partial charge in [-0.1, -0.05) is 14.6 Å². The maximum atomic E-state index is 6.31. The van der Waals surface area contributed by atoms with Gasteiger partial charge < -0.3 is 63.1 Å². The molecule has 0 saturated carbocycles. The number of nitrogen functional groups attached to an aromatic ring is 3. The zero-order valence-corrected chi connectivity index (χ0v) is 16.2. The Morgan fingerprint density at radius 1 is 0.607 bits per heavy atom. The second-order valence-corrected chi connectivity index (χ2v) is 8.69. The van der Waals surface area contributed by atoms with E-state index < -0.39 is 22.7 Å². The highest BCUT2D eigenvalue weighted by molar-refractivity contribution is 7.56. The van der Waals surface area contributed by atoms with Crippen molar-refractivity contribution in [3.05, 3.63) is 41.5 Å². The number of benzene rings is 2. The highest BCUT2D eigenvalue weighted by Crippen LogP contribution is 2.43. The summed E-state index contributed by atoms with van der Waals surface area (Å²) >= 11 is 0. The van der Waals surface area contributed by atoms with Gasteiger partial charge in [0.25, 0.3) is 0 Å². The van der Waals surface area contributed by atoms with Crippen LogP contribution in [0.15, 0.2) is 30.3 Å². The smallest absolute Gasteiger partial charge is 0.135 e. The summed E-state index contributed by atoms with van der Waals surface area (Å²) in [6.07, 6.45) is 0. The summed E-state index contributed by atoms with van der Waals surface area (Å²) in [5.74, 6) is 0. The standard InChI is InChI=1S/C16H28N11P/c17-8-2-1-3-9(18)12(8)28-11-5-7-6(4-10(11)19)13(20,21)15(24,25)16(26,27)14(7,22)23/h1-5,28H,17-27H2. The third kappa shape index (κ3) is 2.51. The molecule has 0 aromatic heterocycles. The van der Waals surface area contributed by atoms with Gasteiger partial charge in [-0.15, -0.1) is 0 Å². The Balaban J connectivity index is 2.24. The largest absolute Gasteiger partial charge is 0.398 e. The van der Waals surface area contributed by atoms with Crippen molar-refractivity contribution in [2.24, 2.45) is 45.9 Å². The van der Waals surface area contributed by atoms with E-state index in [1.807, 2.05) is 0 Å². The van der Waals surface area contributed by atoms with Crippen molar-refractivity contribution in [1.82, 2.24) is 0 Å². The van der Waals surface area contributed by atoms with Crippen LogP contribution in [0.5, 0.6) is 0 Å². The molecule has 2 aromatic carbocycles. The van der Waals surface area contributed by atoms with Crippen LogP contribution in [0, 0.1) is 0 Å². The molecule has 152 valence electrons. The SMILES string of the molecule is Nc1cc2c(cc1Pc1c(N)cccc1N)C(N)(N)C(N)(N)C(N)(N)C2(N)N. The average molecular weight is 405 g/mol. The minimum absolute atomic E-state index is 0.00872. The minimum atomic E-state index is -2.04. The molecule has 1 aliphatic carbocycles. The lowest BCUT2D eigenvalue weighted by Gasteiger charge is -2.60. The first-order valence-electron chi connectivity index (χ1n) is 8.32. The van der Waals surface area contributed by atoms with Crippen molar-refractivity contribution in [3.8, 4) is 0 Å². The molecule has 3 rings (SSSR count). The van der Waals surface area contributed by atoms with Crippen LogP contribution in [-0.4, -0.2) is 11.3 Å². The van der Waals surface area contributed by atoms with E-state index in [4.69, 9.17) is 63.1 Å². The van der Waals surface area contributed by atoms with Gasteiger partial charge in [-0.25, -0.2) is 0 Å². The van der Waals surface area contributed by atoms with Crippen LogP contribution >= 0.6 is 8.58 Å². The Bertz CT molecular complexity index is 932. The quantitative estimate of drug-likeness (QED) is 0.128. The molecule has 12 heteroatoms. The molecule has 1 atom stereocenters. The van der Waals surface area contributed by atoms with Crippen molar-refractivity contribution in [2.75, 3.05) is 17.2 Å². The number of nitrogens with two attached hydrogens (primary N) is 11. The normalized spacial score (nSPS) is 21.6. The Hall–Kier alpha value is -2.05. The monoisotopic (exact) mass is 405 g/mol. The number of hydrogen-bond donors (Lipinski definition) is 11. The number of anilines is 3. The lowest BCUT2D eigenvalue weighted by molar-refractivity contribution is 0.0313. The molecular weight excluding hydrogens is 377 g/mol. The molecule has 0 radical (unpaired) electrons. The molecule has 11 nitrogen and oxygen atoms in total. The number of fused-ring (bicyclic) bond motifs is 1. The summed E-state index contributed by atoms with van der Waals surface area (Å²) in [7, 11) is 0.00872. The topological polar surface area (TPSA) is 286 Å². The first-order valence-corrected chi connectivity index (χ1v) is 9.32. The van der Waals surface area contributed by atoms with Crippen molar-refractivity contribution < 1.29 is 0 Å². The second kappa shape index (κ2) is 5.97. The molecule has 2 aromatic rings. The van der Waals surface area contributed by atoms with Gasteiger partial charge >= 0.3 is 0 Å². The van der Waals surface area contributed by atoms with Gasteiger partial charge in [0.1, 0.15) is 22.7 Å². The average Bonchev–Trinajstić information content (AvgIpc) is 2.57. The van der Waals surface area contributed by atoms with E-state index in [1.54, 1.807) is 24.3 Å². The van der Waals surface area contributed by atoms with Gasteiger partial charge in [0.15, 0.2) is 0 Å². The summed E-state index contributed by atoms with van der Waals surface area (Å²) in [6, 6.07) is 8.43. The van der Waals surface area contributed by atoms with Gasteiger partial charge in [-0.3, -0.25) is 0 Å². The summed E-state index contributed by atoms with van der Waals surface area (Å²) in [5, 5.41) is 1.40. The first kappa shape index (κ1) is 20.7. The fourth-order valence-corrected chi connectivity index (χ4v) is 4.56. The molecule has 0 spiro atoms. The van der Waals surface area contributed by atoms with Gasteiger partial charge in [0, 0.05) is 27.7 Å². The minimum Gasteiger partial charge on any atom is -0.398 e. The fourth-order valence-electron chi connectivity index (χ4n) is 3.41. The summed E-state index contributed by atoms with van der Waals surface area (Å²) in [6.45, 7) is 0. The second-order valence-electron chi connectivity index (χ2n) is 7.40. The first-order chi connectivity index (χ1) is 12.7. The zero-order chi connectivity index (χ0) is 21.3. The molecule has 0 aliphatic heterocycles. The van der Waals surface area contributed by atoms with Crippen molar-refractivity contribution >= 4 is 36.3 Å². The molecule has 0 amide bonds.